The molecule has 0 aromatic carbocycles. The lowest BCUT2D eigenvalue weighted by Gasteiger charge is -2.46. The number of hydrogen-bond acceptors (Lipinski definition) is 7. The molecule has 0 radical (unpaired) electrons. The average Bonchev–Trinajstić information content (AvgIpc) is 3.34. The van der Waals surface area contributed by atoms with Crippen molar-refractivity contribution in [1.82, 2.24) is 0 Å². The Kier molecular flexibility index (Phi) is 15.2. The van der Waals surface area contributed by atoms with E-state index in [2.05, 4.69) is 49.0 Å². The Morgan fingerprint density at radius 3 is 2.52 bits per heavy atom. The summed E-state index contributed by atoms with van der Waals surface area (Å²) in [4.78, 5) is 15.0. The molecule has 44 heavy (non-hydrogen) atoms. The van der Waals surface area contributed by atoms with Crippen LogP contribution < -0.4 is 0 Å². The highest BCUT2D eigenvalue weighted by atomic mass is 16.6. The number of hydrogen-bond donors (Lipinski definition) is 1. The van der Waals surface area contributed by atoms with Crippen LogP contribution in [0.3, 0.4) is 0 Å². The number of allylic oxidation sites excluding steroid dienone is 2. The van der Waals surface area contributed by atoms with E-state index < -0.39 is 5.60 Å². The lowest BCUT2D eigenvalue weighted by molar-refractivity contribution is -0.155. The van der Waals surface area contributed by atoms with Gasteiger partial charge in [0.15, 0.2) is 0 Å². The van der Waals surface area contributed by atoms with Crippen LogP contribution in [0.15, 0.2) is 28.9 Å². The molecule has 0 aromatic heterocycles. The number of azide groups is 1. The first-order valence-corrected chi connectivity index (χ1v) is 17.1. The molecule has 0 spiro atoms. The number of carbonyl (C=O) groups excluding carboxylic acids is 1. The second-order valence-corrected chi connectivity index (χ2v) is 14.2. The fraction of sp³-hybridized carbons (Fsp3) is 0.857. The summed E-state index contributed by atoms with van der Waals surface area (Å²) < 4.78 is 21.9. The predicted octanol–water partition coefficient (Wildman–Crippen LogP) is 7.58. The van der Waals surface area contributed by atoms with Gasteiger partial charge in [-0.25, -0.2) is 4.79 Å². The van der Waals surface area contributed by atoms with Crippen LogP contribution >= 0.6 is 0 Å². The topological polar surface area (TPSA) is 123 Å². The van der Waals surface area contributed by atoms with Crippen LogP contribution in [-0.2, 0) is 23.7 Å². The van der Waals surface area contributed by atoms with E-state index in [9.17, 15) is 9.90 Å². The summed E-state index contributed by atoms with van der Waals surface area (Å²) >= 11 is 0. The molecule has 3 aliphatic carbocycles. The molecule has 250 valence electrons. The second kappa shape index (κ2) is 18.3. The number of esters is 1. The predicted molar refractivity (Wildman–Crippen MR) is 173 cm³/mol. The van der Waals surface area contributed by atoms with Crippen molar-refractivity contribution in [2.45, 2.75) is 111 Å². The third-order valence-corrected chi connectivity index (χ3v) is 10.7. The molecule has 0 aliphatic heterocycles. The first-order chi connectivity index (χ1) is 21.0. The van der Waals surface area contributed by atoms with Crippen molar-refractivity contribution in [2.75, 3.05) is 46.2 Å². The van der Waals surface area contributed by atoms with Gasteiger partial charge in [-0.1, -0.05) is 56.1 Å². The normalized spacial score (nSPS) is 29.7. The van der Waals surface area contributed by atoms with Crippen molar-refractivity contribution >= 4 is 5.97 Å². The van der Waals surface area contributed by atoms with E-state index in [1.54, 1.807) is 0 Å². The molecule has 0 amide bonds. The third-order valence-electron chi connectivity index (χ3n) is 10.7. The zero-order chi connectivity index (χ0) is 32.0. The maximum absolute atomic E-state index is 12.4. The zero-order valence-corrected chi connectivity index (χ0v) is 28.0. The molecule has 3 rings (SSSR count). The number of carbonyl (C=O) groups is 1. The second-order valence-electron chi connectivity index (χ2n) is 14.2. The van der Waals surface area contributed by atoms with Gasteiger partial charge in [-0.15, -0.1) is 0 Å². The highest BCUT2D eigenvalue weighted by molar-refractivity contribution is 5.70. The van der Waals surface area contributed by atoms with E-state index in [0.717, 1.165) is 43.9 Å². The quantitative estimate of drug-likeness (QED) is 0.0422. The van der Waals surface area contributed by atoms with Crippen LogP contribution in [0.1, 0.15) is 98.8 Å². The Bertz CT molecular complexity index is 987. The minimum Gasteiger partial charge on any atom is -0.460 e. The maximum Gasteiger partial charge on any atom is 0.332 e. The van der Waals surface area contributed by atoms with Crippen molar-refractivity contribution in [2.24, 2.45) is 40.1 Å². The minimum atomic E-state index is -0.685. The third kappa shape index (κ3) is 11.5. The zero-order valence-electron chi connectivity index (χ0n) is 28.0. The Morgan fingerprint density at radius 1 is 1.07 bits per heavy atom. The average molecular weight is 618 g/mol. The van der Waals surface area contributed by atoms with Crippen LogP contribution in [0, 0.1) is 35.0 Å². The van der Waals surface area contributed by atoms with E-state index in [-0.39, 0.29) is 24.6 Å². The minimum absolute atomic E-state index is 0.0590. The summed E-state index contributed by atoms with van der Waals surface area (Å²) in [5.74, 6) is 2.58. The summed E-state index contributed by atoms with van der Waals surface area (Å²) in [5.41, 5.74) is 9.36. The van der Waals surface area contributed by atoms with Gasteiger partial charge in [-0.05, 0) is 99.8 Å². The summed E-state index contributed by atoms with van der Waals surface area (Å²) in [7, 11) is 0. The molecule has 0 aromatic rings. The standard InChI is InChI=1S/C35H59N3O6/c1-26(11-12-27(2)34(3,4)40)31-15-16-32-29(9-7-17-35(31,32)5)14-13-28-8-6-10-30(24-28)44-33(39)25-43-23-22-42-21-20-41-19-18-37-38-36/h11-13,26-27,29-32,40H,6-10,14-25H2,1-5H3/b12-11+,28-13-/t26-,27-,29?,30-,31+,32?,35+/m0/s1. The largest absolute Gasteiger partial charge is 0.460 e. The summed E-state index contributed by atoms with van der Waals surface area (Å²) in [6.07, 6.45) is 18.7. The fourth-order valence-electron chi connectivity index (χ4n) is 7.86. The number of ether oxygens (including phenoxy) is 4. The van der Waals surface area contributed by atoms with Crippen LogP contribution in [0.5, 0.6) is 0 Å². The molecule has 0 bridgehead atoms. The fourth-order valence-corrected chi connectivity index (χ4v) is 7.86. The van der Waals surface area contributed by atoms with Gasteiger partial charge >= 0.3 is 5.97 Å². The smallest absolute Gasteiger partial charge is 0.332 e. The maximum atomic E-state index is 12.4. The molecule has 0 saturated heterocycles. The molecule has 3 fully saturated rings. The van der Waals surface area contributed by atoms with Crippen molar-refractivity contribution in [3.63, 3.8) is 0 Å². The molecular formula is C35H59N3O6. The molecule has 2 unspecified atom stereocenters. The lowest BCUT2D eigenvalue weighted by atomic mass is 9.58. The molecular weight excluding hydrogens is 558 g/mol. The van der Waals surface area contributed by atoms with E-state index in [4.69, 9.17) is 24.5 Å². The molecule has 3 aliphatic rings. The molecule has 1 N–H and O–H groups in total. The number of nitrogens with zero attached hydrogens (tertiary/aromatic N) is 3. The number of fused-ring (bicyclic) bond motifs is 1. The Balaban J connectivity index is 1.38. The first kappa shape index (κ1) is 36.6. The Morgan fingerprint density at radius 2 is 1.80 bits per heavy atom. The molecule has 9 heteroatoms. The van der Waals surface area contributed by atoms with Gasteiger partial charge in [0, 0.05) is 23.8 Å². The number of rotatable bonds is 18. The summed E-state index contributed by atoms with van der Waals surface area (Å²) in [6, 6.07) is 0. The molecule has 0 heterocycles. The van der Waals surface area contributed by atoms with Gasteiger partial charge < -0.3 is 24.1 Å². The van der Waals surface area contributed by atoms with Gasteiger partial charge in [0.05, 0.1) is 38.6 Å². The van der Waals surface area contributed by atoms with Gasteiger partial charge in [0.1, 0.15) is 12.7 Å². The highest BCUT2D eigenvalue weighted by Gasteiger charge is 2.51. The van der Waals surface area contributed by atoms with Crippen LogP contribution in [0.25, 0.3) is 10.4 Å². The van der Waals surface area contributed by atoms with E-state index in [1.165, 1.54) is 37.7 Å². The Labute approximate surface area is 265 Å². The van der Waals surface area contributed by atoms with Gasteiger partial charge in [0.2, 0.25) is 0 Å². The first-order valence-electron chi connectivity index (χ1n) is 17.1. The van der Waals surface area contributed by atoms with Crippen LogP contribution in [0.4, 0.5) is 0 Å². The van der Waals surface area contributed by atoms with Crippen molar-refractivity contribution in [1.29, 1.82) is 0 Å². The van der Waals surface area contributed by atoms with E-state index in [1.807, 2.05) is 13.8 Å². The Hall–Kier alpha value is -1.90. The van der Waals surface area contributed by atoms with Crippen LogP contribution in [-0.4, -0.2) is 69.0 Å². The van der Waals surface area contributed by atoms with Gasteiger partial charge in [-0.3, -0.25) is 0 Å². The van der Waals surface area contributed by atoms with Crippen molar-refractivity contribution in [3.05, 3.63) is 34.2 Å². The van der Waals surface area contributed by atoms with E-state index >= 15 is 0 Å². The van der Waals surface area contributed by atoms with Crippen LogP contribution in [0.2, 0.25) is 0 Å². The molecule has 3 saturated carbocycles. The van der Waals surface area contributed by atoms with Crippen molar-refractivity contribution in [3.8, 4) is 0 Å². The van der Waals surface area contributed by atoms with Gasteiger partial charge in [0.25, 0.3) is 0 Å². The lowest BCUT2D eigenvalue weighted by Crippen LogP contribution is -2.38. The van der Waals surface area contributed by atoms with Gasteiger partial charge in [-0.2, -0.15) is 0 Å². The van der Waals surface area contributed by atoms with Crippen molar-refractivity contribution < 1.29 is 28.8 Å². The molecule has 7 atom stereocenters. The SMILES string of the molecule is C[C@@H](/C=C/[C@H](C)C(C)(C)O)[C@H]1CCC2C(C/C=C3/CCC[C@H](OC(=O)COCCOCCOCCN=[N+]=[N-])C3)CCC[C@@]21C. The number of aliphatic hydroxyl groups is 1. The summed E-state index contributed by atoms with van der Waals surface area (Å²) in [6.45, 7) is 13.0. The monoisotopic (exact) mass is 617 g/mol. The highest BCUT2D eigenvalue weighted by Crippen LogP contribution is 2.60. The molecule has 9 nitrogen and oxygen atoms in total. The van der Waals surface area contributed by atoms with E-state index in [0.29, 0.717) is 56.8 Å². The summed E-state index contributed by atoms with van der Waals surface area (Å²) in [5, 5.41) is 13.8.